The van der Waals surface area contributed by atoms with Gasteiger partial charge in [-0.3, -0.25) is 0 Å². The van der Waals surface area contributed by atoms with Crippen LogP contribution in [0.1, 0.15) is 19.8 Å². The number of halogens is 1. The normalized spacial score (nSPS) is 23.2. The molecule has 0 bridgehead atoms. The lowest BCUT2D eigenvalue weighted by Crippen LogP contribution is -2.18. The van der Waals surface area contributed by atoms with Gasteiger partial charge in [-0.05, 0) is 36.8 Å². The van der Waals surface area contributed by atoms with Gasteiger partial charge in [-0.25, -0.2) is 15.0 Å². The van der Waals surface area contributed by atoms with E-state index in [4.69, 9.17) is 16.6 Å². The van der Waals surface area contributed by atoms with Gasteiger partial charge in [0.1, 0.15) is 22.3 Å². The number of rotatable bonds is 4. The van der Waals surface area contributed by atoms with Gasteiger partial charge in [-0.15, -0.1) is 11.3 Å². The predicted octanol–water partition coefficient (Wildman–Crippen LogP) is 4.23. The molecule has 25 heavy (non-hydrogen) atoms. The van der Waals surface area contributed by atoms with Gasteiger partial charge in [0.2, 0.25) is 0 Å². The molecule has 130 valence electrons. The lowest BCUT2D eigenvalue weighted by molar-refractivity contribution is 0.201. The number of aromatic nitrogens is 3. The van der Waals surface area contributed by atoms with Crippen LogP contribution < -0.4 is 5.32 Å². The molecule has 3 aromatic rings. The van der Waals surface area contributed by atoms with E-state index in [9.17, 15) is 5.11 Å². The number of aliphatic hydroxyl groups is 1. The van der Waals surface area contributed by atoms with Crippen LogP contribution in [-0.4, -0.2) is 32.7 Å². The first kappa shape index (κ1) is 16.7. The number of hydrogen-bond donors (Lipinski definition) is 2. The Balaban J connectivity index is 1.69. The van der Waals surface area contributed by atoms with E-state index in [0.29, 0.717) is 17.0 Å². The molecule has 1 fully saturated rings. The Morgan fingerprint density at radius 1 is 1.28 bits per heavy atom. The zero-order valence-electron chi connectivity index (χ0n) is 13.8. The molecule has 0 radical (unpaired) electrons. The fourth-order valence-corrected chi connectivity index (χ4v) is 4.83. The SMILES string of the molecule is CC1C[C@H](Nc2ncnc(Cl)c2-c2nc3ccccc3s2)CC1CO. The molecule has 2 N–H and O–H groups in total. The Bertz CT molecular complexity index is 867. The Hall–Kier alpha value is -1.76. The van der Waals surface area contributed by atoms with Crippen LogP contribution in [0.2, 0.25) is 5.15 Å². The summed E-state index contributed by atoms with van der Waals surface area (Å²) in [6.45, 7) is 2.42. The summed E-state index contributed by atoms with van der Waals surface area (Å²) in [5.41, 5.74) is 1.70. The minimum absolute atomic E-state index is 0.231. The summed E-state index contributed by atoms with van der Waals surface area (Å²) >= 11 is 7.98. The summed E-state index contributed by atoms with van der Waals surface area (Å²) in [5, 5.41) is 14.2. The molecule has 2 heterocycles. The number of hydrogen-bond acceptors (Lipinski definition) is 6. The summed E-state index contributed by atoms with van der Waals surface area (Å²) in [4.78, 5) is 13.3. The molecule has 2 unspecified atom stereocenters. The van der Waals surface area contributed by atoms with Crippen molar-refractivity contribution in [2.24, 2.45) is 11.8 Å². The van der Waals surface area contributed by atoms with Crippen molar-refractivity contribution in [1.82, 2.24) is 15.0 Å². The first-order valence-corrected chi connectivity index (χ1v) is 9.59. The molecule has 0 spiro atoms. The van der Waals surface area contributed by atoms with E-state index < -0.39 is 0 Å². The van der Waals surface area contributed by atoms with Gasteiger partial charge >= 0.3 is 0 Å². The van der Waals surface area contributed by atoms with Crippen LogP contribution in [0.15, 0.2) is 30.6 Å². The number of nitrogens with one attached hydrogen (secondary N) is 1. The molecule has 1 aliphatic rings. The molecule has 2 aromatic heterocycles. The third kappa shape index (κ3) is 3.21. The van der Waals surface area contributed by atoms with Gasteiger partial charge in [0.05, 0.1) is 15.8 Å². The van der Waals surface area contributed by atoms with Crippen LogP contribution >= 0.6 is 22.9 Å². The molecule has 3 atom stereocenters. The van der Waals surface area contributed by atoms with Crippen LogP contribution in [0, 0.1) is 11.8 Å². The Morgan fingerprint density at radius 2 is 2.12 bits per heavy atom. The minimum Gasteiger partial charge on any atom is -0.396 e. The van der Waals surface area contributed by atoms with Gasteiger partial charge in [0.15, 0.2) is 0 Å². The maximum absolute atomic E-state index is 9.49. The quantitative estimate of drug-likeness (QED) is 0.669. The second-order valence-electron chi connectivity index (χ2n) is 6.61. The lowest BCUT2D eigenvalue weighted by Gasteiger charge is -2.16. The highest BCUT2D eigenvalue weighted by molar-refractivity contribution is 7.21. The number of para-hydroxylation sites is 1. The Kier molecular flexibility index (Phi) is 4.58. The smallest absolute Gasteiger partial charge is 0.144 e. The number of thiazole rings is 1. The van der Waals surface area contributed by atoms with Crippen molar-refractivity contribution in [2.75, 3.05) is 11.9 Å². The summed E-state index contributed by atoms with van der Waals surface area (Å²) in [6.07, 6.45) is 3.41. The van der Waals surface area contributed by atoms with Crippen molar-refractivity contribution in [2.45, 2.75) is 25.8 Å². The average Bonchev–Trinajstić information content (AvgIpc) is 3.17. The first-order chi connectivity index (χ1) is 12.2. The van der Waals surface area contributed by atoms with Crippen molar-refractivity contribution >= 4 is 39.0 Å². The highest BCUT2D eigenvalue weighted by Crippen LogP contribution is 2.39. The van der Waals surface area contributed by atoms with E-state index in [1.54, 1.807) is 11.3 Å². The minimum atomic E-state index is 0.231. The third-order valence-corrected chi connectivity index (χ3v) is 6.27. The maximum atomic E-state index is 9.49. The first-order valence-electron chi connectivity index (χ1n) is 8.39. The predicted molar refractivity (Wildman–Crippen MR) is 102 cm³/mol. The number of fused-ring (bicyclic) bond motifs is 1. The van der Waals surface area contributed by atoms with Gasteiger partial charge in [-0.2, -0.15) is 0 Å². The third-order valence-electron chi connectivity index (χ3n) is 4.93. The van der Waals surface area contributed by atoms with Crippen molar-refractivity contribution in [3.8, 4) is 10.6 Å². The topological polar surface area (TPSA) is 70.9 Å². The van der Waals surface area contributed by atoms with E-state index in [0.717, 1.165) is 39.4 Å². The monoisotopic (exact) mass is 374 g/mol. The van der Waals surface area contributed by atoms with Gasteiger partial charge in [0.25, 0.3) is 0 Å². The molecule has 4 rings (SSSR count). The number of benzene rings is 1. The second-order valence-corrected chi connectivity index (χ2v) is 8.00. The Morgan fingerprint density at radius 3 is 2.88 bits per heavy atom. The van der Waals surface area contributed by atoms with Crippen molar-refractivity contribution in [1.29, 1.82) is 0 Å². The van der Waals surface area contributed by atoms with Crippen molar-refractivity contribution in [3.63, 3.8) is 0 Å². The van der Waals surface area contributed by atoms with E-state index in [1.807, 2.05) is 24.3 Å². The fraction of sp³-hybridized carbons (Fsp3) is 0.389. The lowest BCUT2D eigenvalue weighted by atomic mass is 10.00. The molecular weight excluding hydrogens is 356 g/mol. The van der Waals surface area contributed by atoms with Gasteiger partial charge in [-0.1, -0.05) is 30.7 Å². The number of aliphatic hydroxyl groups excluding tert-OH is 1. The summed E-state index contributed by atoms with van der Waals surface area (Å²) in [7, 11) is 0. The second kappa shape index (κ2) is 6.86. The summed E-state index contributed by atoms with van der Waals surface area (Å²) in [5.74, 6) is 1.54. The maximum Gasteiger partial charge on any atom is 0.144 e. The molecule has 1 aliphatic carbocycles. The molecule has 1 saturated carbocycles. The van der Waals surface area contributed by atoms with Crippen molar-refractivity contribution < 1.29 is 5.11 Å². The van der Waals surface area contributed by atoms with Gasteiger partial charge < -0.3 is 10.4 Å². The summed E-state index contributed by atoms with van der Waals surface area (Å²) in [6, 6.07) is 8.28. The molecule has 0 aliphatic heterocycles. The van der Waals surface area contributed by atoms with E-state index in [2.05, 4.69) is 22.2 Å². The summed E-state index contributed by atoms with van der Waals surface area (Å²) < 4.78 is 1.11. The van der Waals surface area contributed by atoms with Crippen LogP contribution in [0.3, 0.4) is 0 Å². The molecule has 0 amide bonds. The standard InChI is InChI=1S/C18H19ClN4OS/c1-10-6-12(7-11(10)8-24)22-17-15(16(19)20-9-21-17)18-23-13-4-2-3-5-14(13)25-18/h2-5,9-12,24H,6-8H2,1H3,(H,20,21,22)/t10?,11?,12-/m0/s1. The highest BCUT2D eigenvalue weighted by atomic mass is 35.5. The van der Waals surface area contributed by atoms with Crippen LogP contribution in [0.4, 0.5) is 5.82 Å². The Labute approximate surface area is 155 Å². The average molecular weight is 375 g/mol. The molecule has 1 aromatic carbocycles. The zero-order chi connectivity index (χ0) is 17.4. The fourth-order valence-electron chi connectivity index (χ4n) is 3.54. The van der Waals surface area contributed by atoms with E-state index >= 15 is 0 Å². The van der Waals surface area contributed by atoms with E-state index in [-0.39, 0.29) is 12.6 Å². The molecule has 5 nitrogen and oxygen atoms in total. The molecule has 0 saturated heterocycles. The molecule has 7 heteroatoms. The zero-order valence-corrected chi connectivity index (χ0v) is 15.4. The van der Waals surface area contributed by atoms with Crippen molar-refractivity contribution in [3.05, 3.63) is 35.7 Å². The van der Waals surface area contributed by atoms with Crippen LogP contribution in [-0.2, 0) is 0 Å². The van der Waals surface area contributed by atoms with Crippen LogP contribution in [0.5, 0.6) is 0 Å². The largest absolute Gasteiger partial charge is 0.396 e. The molecular formula is C18H19ClN4OS. The van der Waals surface area contributed by atoms with Crippen LogP contribution in [0.25, 0.3) is 20.8 Å². The van der Waals surface area contributed by atoms with E-state index in [1.165, 1.54) is 6.33 Å². The number of nitrogens with zero attached hydrogens (tertiary/aromatic N) is 3. The van der Waals surface area contributed by atoms with Gasteiger partial charge in [0, 0.05) is 12.6 Å². The highest BCUT2D eigenvalue weighted by Gasteiger charge is 2.31. The number of anilines is 1.